The molecule has 0 unspecified atom stereocenters. The molecule has 0 aromatic rings. The van der Waals surface area contributed by atoms with Gasteiger partial charge in [-0.15, -0.1) is 0 Å². The monoisotopic (exact) mass is 202 g/mol. The van der Waals surface area contributed by atoms with Crippen LogP contribution in [0.25, 0.3) is 0 Å². The van der Waals surface area contributed by atoms with Gasteiger partial charge >= 0.3 is 0 Å². The quantitative estimate of drug-likeness (QED) is 0.680. The van der Waals surface area contributed by atoms with Gasteiger partial charge in [-0.2, -0.15) is 0 Å². The third kappa shape index (κ3) is 1.56. The molecular weight excluding hydrogens is 184 g/mol. The molecule has 2 fully saturated rings. The van der Waals surface area contributed by atoms with Crippen LogP contribution in [0.1, 0.15) is 27.2 Å². The lowest BCUT2D eigenvalue weighted by atomic mass is 10.0. The number of methoxy groups -OCH3 is 1. The molecule has 0 N–H and O–H groups in total. The van der Waals surface area contributed by atoms with Crippen molar-refractivity contribution in [3.05, 3.63) is 0 Å². The van der Waals surface area contributed by atoms with Crippen molar-refractivity contribution >= 4 is 0 Å². The fourth-order valence-electron chi connectivity index (χ4n) is 2.20. The predicted molar refractivity (Wildman–Crippen MR) is 49.5 cm³/mol. The average Bonchev–Trinajstić information content (AvgIpc) is 2.55. The summed E-state index contributed by atoms with van der Waals surface area (Å²) in [6.07, 6.45) is 0.532. The standard InChI is InChI=1S/C10H18O4/c1-5-6-7-9(12-8(6)11-4)14-10(2,3)13-7/h6-9H,5H2,1-4H3/t6-,7+,8-,9+/m0/s1. The first-order valence-corrected chi connectivity index (χ1v) is 5.11. The predicted octanol–water partition coefficient (Wildman–Crippen LogP) is 1.49. The molecule has 2 heterocycles. The number of rotatable bonds is 2. The van der Waals surface area contributed by atoms with E-state index in [1.165, 1.54) is 0 Å². The van der Waals surface area contributed by atoms with Crippen molar-refractivity contribution < 1.29 is 18.9 Å². The van der Waals surface area contributed by atoms with E-state index in [2.05, 4.69) is 6.92 Å². The zero-order valence-electron chi connectivity index (χ0n) is 9.15. The van der Waals surface area contributed by atoms with Crippen LogP contribution < -0.4 is 0 Å². The van der Waals surface area contributed by atoms with Gasteiger partial charge in [0.15, 0.2) is 18.4 Å². The van der Waals surface area contributed by atoms with Crippen LogP contribution in [0.3, 0.4) is 0 Å². The van der Waals surface area contributed by atoms with Gasteiger partial charge in [-0.1, -0.05) is 6.92 Å². The fourth-order valence-corrected chi connectivity index (χ4v) is 2.20. The molecule has 4 atom stereocenters. The highest BCUT2D eigenvalue weighted by atomic mass is 16.9. The van der Waals surface area contributed by atoms with E-state index in [4.69, 9.17) is 18.9 Å². The molecule has 0 amide bonds. The van der Waals surface area contributed by atoms with E-state index in [0.717, 1.165) is 6.42 Å². The summed E-state index contributed by atoms with van der Waals surface area (Å²) in [6, 6.07) is 0. The van der Waals surface area contributed by atoms with Gasteiger partial charge in [-0.3, -0.25) is 0 Å². The third-order valence-corrected chi connectivity index (χ3v) is 2.83. The Morgan fingerprint density at radius 2 is 2.00 bits per heavy atom. The normalized spacial score (nSPS) is 45.4. The van der Waals surface area contributed by atoms with Crippen molar-refractivity contribution in [1.82, 2.24) is 0 Å². The number of ether oxygens (including phenoxy) is 4. The Morgan fingerprint density at radius 3 is 2.57 bits per heavy atom. The van der Waals surface area contributed by atoms with E-state index in [1.54, 1.807) is 7.11 Å². The van der Waals surface area contributed by atoms with E-state index in [-0.39, 0.29) is 24.6 Å². The largest absolute Gasteiger partial charge is 0.355 e. The van der Waals surface area contributed by atoms with Crippen molar-refractivity contribution in [2.75, 3.05) is 7.11 Å². The number of hydrogen-bond donors (Lipinski definition) is 0. The molecule has 0 aliphatic carbocycles. The summed E-state index contributed by atoms with van der Waals surface area (Å²) in [4.78, 5) is 0. The van der Waals surface area contributed by atoms with Crippen LogP contribution >= 0.6 is 0 Å². The number of fused-ring (bicyclic) bond motifs is 1. The Morgan fingerprint density at radius 1 is 1.29 bits per heavy atom. The molecule has 14 heavy (non-hydrogen) atoms. The summed E-state index contributed by atoms with van der Waals surface area (Å²) in [6.45, 7) is 5.92. The van der Waals surface area contributed by atoms with Crippen LogP contribution in [0, 0.1) is 5.92 Å². The SMILES string of the molecule is CC[C@@H]1[C@@H](OC)O[C@@H]2OC(C)(C)O[C@@H]21. The molecule has 0 spiro atoms. The van der Waals surface area contributed by atoms with E-state index >= 15 is 0 Å². The smallest absolute Gasteiger partial charge is 0.190 e. The van der Waals surface area contributed by atoms with Gasteiger partial charge in [0.25, 0.3) is 0 Å². The zero-order valence-corrected chi connectivity index (χ0v) is 9.15. The highest BCUT2D eigenvalue weighted by Crippen LogP contribution is 2.41. The Kier molecular flexibility index (Phi) is 2.55. The van der Waals surface area contributed by atoms with Gasteiger partial charge in [-0.05, 0) is 20.3 Å². The van der Waals surface area contributed by atoms with Crippen LogP contribution in [0.4, 0.5) is 0 Å². The molecule has 2 rings (SSSR count). The lowest BCUT2D eigenvalue weighted by Crippen LogP contribution is -2.30. The van der Waals surface area contributed by atoms with E-state index in [0.29, 0.717) is 0 Å². The first-order valence-electron chi connectivity index (χ1n) is 5.11. The molecule has 2 aliphatic heterocycles. The Labute approximate surface area is 84.5 Å². The maximum atomic E-state index is 5.78. The molecular formula is C10H18O4. The van der Waals surface area contributed by atoms with Gasteiger partial charge in [0.2, 0.25) is 0 Å². The summed E-state index contributed by atoms with van der Waals surface area (Å²) in [7, 11) is 1.65. The highest BCUT2D eigenvalue weighted by Gasteiger charge is 2.54. The van der Waals surface area contributed by atoms with Gasteiger partial charge in [0.05, 0.1) is 0 Å². The second-order valence-electron chi connectivity index (χ2n) is 4.28. The van der Waals surface area contributed by atoms with E-state index in [1.807, 2.05) is 13.8 Å². The summed E-state index contributed by atoms with van der Waals surface area (Å²) >= 11 is 0. The van der Waals surface area contributed by atoms with Crippen LogP contribution in [-0.2, 0) is 18.9 Å². The Balaban J connectivity index is 2.09. The van der Waals surface area contributed by atoms with E-state index in [9.17, 15) is 0 Å². The summed E-state index contributed by atoms with van der Waals surface area (Å²) in [5.74, 6) is -0.256. The van der Waals surface area contributed by atoms with Crippen molar-refractivity contribution in [1.29, 1.82) is 0 Å². The summed E-state index contributed by atoms with van der Waals surface area (Å²) in [5.41, 5.74) is 0. The van der Waals surface area contributed by atoms with Crippen LogP contribution in [0.15, 0.2) is 0 Å². The second kappa shape index (κ2) is 3.45. The lowest BCUT2D eigenvalue weighted by molar-refractivity contribution is -0.248. The molecule has 0 aromatic heterocycles. The fraction of sp³-hybridized carbons (Fsp3) is 1.00. The molecule has 4 nitrogen and oxygen atoms in total. The first-order chi connectivity index (χ1) is 6.57. The molecule has 2 saturated heterocycles. The average molecular weight is 202 g/mol. The van der Waals surface area contributed by atoms with Crippen LogP contribution in [0.2, 0.25) is 0 Å². The molecule has 0 saturated carbocycles. The van der Waals surface area contributed by atoms with Crippen molar-refractivity contribution in [3.8, 4) is 0 Å². The van der Waals surface area contributed by atoms with Gasteiger partial charge in [0.1, 0.15) is 6.10 Å². The highest BCUT2D eigenvalue weighted by molar-refractivity contribution is 4.88. The van der Waals surface area contributed by atoms with Crippen LogP contribution in [0.5, 0.6) is 0 Å². The maximum Gasteiger partial charge on any atom is 0.190 e. The lowest BCUT2D eigenvalue weighted by Gasteiger charge is -2.23. The molecule has 2 aliphatic rings. The minimum Gasteiger partial charge on any atom is -0.355 e. The minimum absolute atomic E-state index is 0.0138. The van der Waals surface area contributed by atoms with Crippen LogP contribution in [-0.4, -0.2) is 31.6 Å². The van der Waals surface area contributed by atoms with Crippen molar-refractivity contribution in [2.45, 2.75) is 51.7 Å². The minimum atomic E-state index is -0.526. The maximum absolute atomic E-state index is 5.78. The second-order valence-corrected chi connectivity index (χ2v) is 4.28. The molecule has 82 valence electrons. The summed E-state index contributed by atoms with van der Waals surface area (Å²) < 4.78 is 22.2. The molecule has 0 radical (unpaired) electrons. The van der Waals surface area contributed by atoms with Crippen molar-refractivity contribution in [3.63, 3.8) is 0 Å². The van der Waals surface area contributed by atoms with Crippen molar-refractivity contribution in [2.24, 2.45) is 5.92 Å². The topological polar surface area (TPSA) is 36.9 Å². The zero-order chi connectivity index (χ0) is 10.3. The molecule has 0 aromatic carbocycles. The molecule has 4 heteroatoms. The van der Waals surface area contributed by atoms with Gasteiger partial charge in [0, 0.05) is 13.0 Å². The summed E-state index contributed by atoms with van der Waals surface area (Å²) in [5, 5.41) is 0. The van der Waals surface area contributed by atoms with E-state index < -0.39 is 5.79 Å². The first kappa shape index (κ1) is 10.4. The molecule has 0 bridgehead atoms. The number of hydrogen-bond acceptors (Lipinski definition) is 4. The van der Waals surface area contributed by atoms with Gasteiger partial charge < -0.3 is 18.9 Å². The third-order valence-electron chi connectivity index (χ3n) is 2.83. The van der Waals surface area contributed by atoms with Gasteiger partial charge in [-0.25, -0.2) is 0 Å². The Hall–Kier alpha value is -0.160. The Bertz CT molecular complexity index is 216.